The highest BCUT2D eigenvalue weighted by Gasteiger charge is 2.17. The van der Waals surface area contributed by atoms with Crippen LogP contribution in [0, 0.1) is 6.92 Å². The van der Waals surface area contributed by atoms with E-state index in [1.807, 2.05) is 31.2 Å². The molecule has 1 heterocycles. The topological polar surface area (TPSA) is 67.9 Å². The molecule has 1 aromatic carbocycles. The van der Waals surface area contributed by atoms with Crippen molar-refractivity contribution in [3.8, 4) is 0 Å². The summed E-state index contributed by atoms with van der Waals surface area (Å²) in [6.07, 6.45) is 1.58. The Hall–Kier alpha value is -1.82. The van der Waals surface area contributed by atoms with Gasteiger partial charge in [0.05, 0.1) is 6.20 Å². The number of esters is 1. The standard InChI is InChI=1S/C13H15N3O2S/c1-9-3-5-11(6-4-9)8-18-13(17)10(2)19-12-7-14-16-15-12/h3-7,10H,8H2,1-2H3,(H,14,15,16). The zero-order valence-corrected chi connectivity index (χ0v) is 11.6. The van der Waals surface area contributed by atoms with Gasteiger partial charge in [0.25, 0.3) is 0 Å². The van der Waals surface area contributed by atoms with Crippen LogP contribution in [0.4, 0.5) is 0 Å². The van der Waals surface area contributed by atoms with Gasteiger partial charge in [-0.15, -0.1) is 5.10 Å². The highest BCUT2D eigenvalue weighted by Crippen LogP contribution is 2.20. The molecule has 1 N–H and O–H groups in total. The Morgan fingerprint density at radius 1 is 1.42 bits per heavy atom. The summed E-state index contributed by atoms with van der Waals surface area (Å²) >= 11 is 1.32. The first kappa shape index (κ1) is 13.6. The lowest BCUT2D eigenvalue weighted by Gasteiger charge is -2.09. The van der Waals surface area contributed by atoms with Crippen LogP contribution in [0.5, 0.6) is 0 Å². The molecule has 1 unspecified atom stereocenters. The van der Waals surface area contributed by atoms with Crippen molar-refractivity contribution in [1.82, 2.24) is 15.4 Å². The Morgan fingerprint density at radius 3 is 2.79 bits per heavy atom. The first-order valence-electron chi connectivity index (χ1n) is 5.90. The predicted molar refractivity (Wildman–Crippen MR) is 72.7 cm³/mol. The lowest BCUT2D eigenvalue weighted by molar-refractivity contribution is -0.143. The van der Waals surface area contributed by atoms with Crippen molar-refractivity contribution < 1.29 is 9.53 Å². The number of nitrogens with zero attached hydrogens (tertiary/aromatic N) is 2. The number of benzene rings is 1. The second-order valence-electron chi connectivity index (χ2n) is 4.16. The van der Waals surface area contributed by atoms with Crippen LogP contribution in [0.15, 0.2) is 35.5 Å². The highest BCUT2D eigenvalue weighted by molar-refractivity contribution is 8.00. The number of hydrogen-bond donors (Lipinski definition) is 1. The molecule has 0 amide bonds. The fourth-order valence-electron chi connectivity index (χ4n) is 1.43. The molecule has 0 aliphatic rings. The molecule has 2 rings (SSSR count). The Kier molecular flexibility index (Phi) is 4.57. The average Bonchev–Trinajstić information content (AvgIpc) is 2.90. The third-order valence-corrected chi connectivity index (χ3v) is 3.51. The third kappa shape index (κ3) is 4.10. The van der Waals surface area contributed by atoms with E-state index in [0.717, 1.165) is 5.56 Å². The van der Waals surface area contributed by atoms with Crippen molar-refractivity contribution in [1.29, 1.82) is 0 Å². The molecule has 0 fully saturated rings. The molecular weight excluding hydrogens is 262 g/mol. The quantitative estimate of drug-likeness (QED) is 0.671. The molecular formula is C13H15N3O2S. The minimum absolute atomic E-state index is 0.256. The zero-order chi connectivity index (χ0) is 13.7. The van der Waals surface area contributed by atoms with Crippen molar-refractivity contribution >= 4 is 17.7 Å². The van der Waals surface area contributed by atoms with E-state index >= 15 is 0 Å². The summed E-state index contributed by atoms with van der Waals surface area (Å²) in [5, 5.41) is 10.4. The van der Waals surface area contributed by atoms with Gasteiger partial charge in [-0.1, -0.05) is 41.6 Å². The molecule has 0 aliphatic heterocycles. The molecule has 2 aromatic rings. The lowest BCUT2D eigenvalue weighted by atomic mass is 10.2. The van der Waals surface area contributed by atoms with Crippen molar-refractivity contribution in [3.63, 3.8) is 0 Å². The number of hydrogen-bond acceptors (Lipinski definition) is 5. The summed E-state index contributed by atoms with van der Waals surface area (Å²) in [6, 6.07) is 7.91. The molecule has 0 bridgehead atoms. The molecule has 1 atom stereocenters. The lowest BCUT2D eigenvalue weighted by Crippen LogP contribution is -2.16. The van der Waals surface area contributed by atoms with E-state index < -0.39 is 0 Å². The van der Waals surface area contributed by atoms with E-state index in [-0.39, 0.29) is 11.2 Å². The molecule has 0 radical (unpaired) electrons. The number of carbonyl (C=O) groups is 1. The monoisotopic (exact) mass is 277 g/mol. The molecule has 0 aliphatic carbocycles. The SMILES string of the molecule is Cc1ccc(COC(=O)C(C)Sc2cn[nH]n2)cc1. The van der Waals surface area contributed by atoms with Crippen LogP contribution in [-0.4, -0.2) is 26.6 Å². The number of rotatable bonds is 5. The third-order valence-electron chi connectivity index (χ3n) is 2.52. The number of ether oxygens (including phenoxy) is 1. The highest BCUT2D eigenvalue weighted by atomic mass is 32.2. The van der Waals surface area contributed by atoms with Crippen LogP contribution < -0.4 is 0 Å². The molecule has 0 spiro atoms. The van der Waals surface area contributed by atoms with Gasteiger partial charge >= 0.3 is 5.97 Å². The van der Waals surface area contributed by atoms with Crippen LogP contribution in [-0.2, 0) is 16.1 Å². The first-order chi connectivity index (χ1) is 9.15. The minimum atomic E-state index is -0.310. The Balaban J connectivity index is 1.82. The van der Waals surface area contributed by atoms with Gasteiger partial charge in [-0.25, -0.2) is 0 Å². The average molecular weight is 277 g/mol. The van der Waals surface area contributed by atoms with Crippen molar-refractivity contribution in [2.45, 2.75) is 30.7 Å². The van der Waals surface area contributed by atoms with Crippen LogP contribution in [0.1, 0.15) is 18.1 Å². The normalized spacial score (nSPS) is 12.1. The molecule has 19 heavy (non-hydrogen) atoms. The van der Waals surface area contributed by atoms with Gasteiger partial charge < -0.3 is 4.74 Å². The van der Waals surface area contributed by atoms with Gasteiger partial charge in [0.1, 0.15) is 16.9 Å². The number of carbonyl (C=O) groups excluding carboxylic acids is 1. The number of nitrogens with one attached hydrogen (secondary N) is 1. The van der Waals surface area contributed by atoms with Gasteiger partial charge in [0.2, 0.25) is 0 Å². The smallest absolute Gasteiger partial charge is 0.319 e. The number of aromatic nitrogens is 3. The van der Waals surface area contributed by atoms with Gasteiger partial charge in [-0.05, 0) is 19.4 Å². The minimum Gasteiger partial charge on any atom is -0.460 e. The van der Waals surface area contributed by atoms with E-state index in [2.05, 4.69) is 15.4 Å². The number of aryl methyl sites for hydroxylation is 1. The van der Waals surface area contributed by atoms with Crippen LogP contribution in [0.2, 0.25) is 0 Å². The van der Waals surface area contributed by atoms with E-state index in [9.17, 15) is 4.79 Å². The summed E-state index contributed by atoms with van der Waals surface area (Å²) in [4.78, 5) is 11.8. The fraction of sp³-hybridized carbons (Fsp3) is 0.308. The summed E-state index contributed by atoms with van der Waals surface area (Å²) < 4.78 is 5.26. The maximum Gasteiger partial charge on any atom is 0.319 e. The molecule has 6 heteroatoms. The van der Waals surface area contributed by atoms with E-state index in [1.165, 1.54) is 17.3 Å². The summed E-state index contributed by atoms with van der Waals surface area (Å²) in [5.74, 6) is -0.256. The maximum absolute atomic E-state index is 11.8. The number of thioether (sulfide) groups is 1. The fourth-order valence-corrected chi connectivity index (χ4v) is 2.17. The molecule has 5 nitrogen and oxygen atoms in total. The largest absolute Gasteiger partial charge is 0.460 e. The van der Waals surface area contributed by atoms with E-state index in [4.69, 9.17) is 4.74 Å². The van der Waals surface area contributed by atoms with Crippen molar-refractivity contribution in [2.75, 3.05) is 0 Å². The van der Waals surface area contributed by atoms with Crippen LogP contribution >= 0.6 is 11.8 Å². The van der Waals surface area contributed by atoms with Crippen LogP contribution in [0.3, 0.4) is 0 Å². The molecule has 1 aromatic heterocycles. The van der Waals surface area contributed by atoms with Gasteiger partial charge in [0.15, 0.2) is 0 Å². The molecule has 0 saturated carbocycles. The van der Waals surface area contributed by atoms with E-state index in [1.54, 1.807) is 13.1 Å². The molecule has 0 saturated heterocycles. The summed E-state index contributed by atoms with van der Waals surface area (Å²) in [6.45, 7) is 4.10. The second-order valence-corrected chi connectivity index (χ2v) is 5.52. The molecule has 100 valence electrons. The Morgan fingerprint density at radius 2 is 2.16 bits per heavy atom. The van der Waals surface area contributed by atoms with Gasteiger partial charge in [0, 0.05) is 0 Å². The van der Waals surface area contributed by atoms with Crippen molar-refractivity contribution in [3.05, 3.63) is 41.6 Å². The van der Waals surface area contributed by atoms with Crippen molar-refractivity contribution in [2.24, 2.45) is 0 Å². The second kappa shape index (κ2) is 6.38. The van der Waals surface area contributed by atoms with Crippen LogP contribution in [0.25, 0.3) is 0 Å². The number of aromatic amines is 1. The Bertz CT molecular complexity index is 525. The van der Waals surface area contributed by atoms with Gasteiger partial charge in [-0.3, -0.25) is 4.79 Å². The first-order valence-corrected chi connectivity index (χ1v) is 6.78. The maximum atomic E-state index is 11.8. The van der Waals surface area contributed by atoms with Gasteiger partial charge in [-0.2, -0.15) is 10.3 Å². The summed E-state index contributed by atoms with van der Waals surface area (Å²) in [5.41, 5.74) is 2.17. The van der Waals surface area contributed by atoms with E-state index in [0.29, 0.717) is 11.6 Å². The Labute approximate surface area is 115 Å². The summed E-state index contributed by atoms with van der Waals surface area (Å²) in [7, 11) is 0. The predicted octanol–water partition coefficient (Wildman–Crippen LogP) is 2.34. The zero-order valence-electron chi connectivity index (χ0n) is 10.8. The number of H-pyrrole nitrogens is 1.